The van der Waals surface area contributed by atoms with Crippen LogP contribution >= 0.6 is 0 Å². The van der Waals surface area contributed by atoms with Crippen LogP contribution in [0.5, 0.6) is 0 Å². The van der Waals surface area contributed by atoms with Crippen molar-refractivity contribution in [2.75, 3.05) is 0 Å². The molecule has 2 rings (SSSR count). The van der Waals surface area contributed by atoms with E-state index in [1.54, 1.807) is 0 Å². The minimum absolute atomic E-state index is 0.0127. The normalized spacial score (nSPS) is 24.3. The summed E-state index contributed by atoms with van der Waals surface area (Å²) < 4.78 is 1.54. The van der Waals surface area contributed by atoms with Crippen LogP contribution in [0.4, 0.5) is 0 Å². The van der Waals surface area contributed by atoms with Gasteiger partial charge in [-0.05, 0) is 35.6 Å². The first kappa shape index (κ1) is 12.9. The molecule has 18 heavy (non-hydrogen) atoms. The van der Waals surface area contributed by atoms with E-state index in [0.29, 0.717) is 18.9 Å². The number of nitrogens with one attached hydrogen (secondary N) is 1. The van der Waals surface area contributed by atoms with Crippen molar-refractivity contribution in [2.45, 2.75) is 51.3 Å². The number of tetrazole rings is 1. The summed E-state index contributed by atoms with van der Waals surface area (Å²) >= 11 is 0. The Balaban J connectivity index is 1.72. The molecule has 0 spiro atoms. The molecule has 0 unspecified atom stereocenters. The van der Waals surface area contributed by atoms with Gasteiger partial charge in [-0.3, -0.25) is 4.79 Å². The van der Waals surface area contributed by atoms with Gasteiger partial charge in [-0.15, -0.1) is 5.10 Å². The van der Waals surface area contributed by atoms with Crippen LogP contribution < -0.4 is 5.32 Å². The van der Waals surface area contributed by atoms with E-state index in [2.05, 4.69) is 27.8 Å². The molecule has 1 heterocycles. The Hall–Kier alpha value is -1.50. The van der Waals surface area contributed by atoms with E-state index in [0.717, 1.165) is 19.3 Å². The fourth-order valence-electron chi connectivity index (χ4n) is 2.29. The van der Waals surface area contributed by atoms with E-state index in [9.17, 15) is 9.90 Å². The third-order valence-corrected chi connectivity index (χ3v) is 3.46. The van der Waals surface area contributed by atoms with Gasteiger partial charge in [-0.2, -0.15) is 0 Å². The summed E-state index contributed by atoms with van der Waals surface area (Å²) in [5.41, 5.74) is 0. The topological polar surface area (TPSA) is 92.9 Å². The average Bonchev–Trinajstić information content (AvgIpc) is 2.83. The summed E-state index contributed by atoms with van der Waals surface area (Å²) in [6, 6.07) is 0.176. The predicted octanol–water partition coefficient (Wildman–Crippen LogP) is -0.271. The molecule has 1 aromatic heterocycles. The highest BCUT2D eigenvalue weighted by Crippen LogP contribution is 2.31. The lowest BCUT2D eigenvalue weighted by Gasteiger charge is -2.37. The summed E-state index contributed by atoms with van der Waals surface area (Å²) in [6.45, 7) is 2.54. The Morgan fingerprint density at radius 3 is 2.94 bits per heavy atom. The highest BCUT2D eigenvalue weighted by molar-refractivity contribution is 5.76. The second-order valence-electron chi connectivity index (χ2n) is 4.79. The van der Waals surface area contributed by atoms with E-state index < -0.39 is 0 Å². The van der Waals surface area contributed by atoms with E-state index in [1.807, 2.05) is 0 Å². The maximum Gasteiger partial charge on any atom is 0.222 e. The fraction of sp³-hybridized carbons (Fsp3) is 0.818. The average molecular weight is 253 g/mol. The second kappa shape index (κ2) is 5.90. The number of nitrogens with zero attached hydrogens (tertiary/aromatic N) is 4. The van der Waals surface area contributed by atoms with Gasteiger partial charge < -0.3 is 10.4 Å². The third-order valence-electron chi connectivity index (χ3n) is 3.46. The SMILES string of the molecule is CC[C@@H](NC(=O)CCn1cnnn1)C1CC(O)C1. The van der Waals surface area contributed by atoms with Gasteiger partial charge in [-0.25, -0.2) is 4.68 Å². The van der Waals surface area contributed by atoms with Crippen molar-refractivity contribution in [3.05, 3.63) is 6.33 Å². The Kier molecular flexibility index (Phi) is 4.24. The molecule has 1 amide bonds. The highest BCUT2D eigenvalue weighted by Gasteiger charge is 2.33. The van der Waals surface area contributed by atoms with Crippen LogP contribution in [-0.4, -0.2) is 43.4 Å². The van der Waals surface area contributed by atoms with Crippen molar-refractivity contribution in [2.24, 2.45) is 5.92 Å². The number of rotatable bonds is 6. The van der Waals surface area contributed by atoms with Crippen molar-refractivity contribution in [1.29, 1.82) is 0 Å². The summed E-state index contributed by atoms with van der Waals surface area (Å²) in [6.07, 6.45) is 4.18. The summed E-state index contributed by atoms with van der Waals surface area (Å²) in [4.78, 5) is 11.8. The second-order valence-corrected chi connectivity index (χ2v) is 4.79. The molecule has 0 bridgehead atoms. The summed E-state index contributed by atoms with van der Waals surface area (Å²) in [5, 5.41) is 23.0. The quantitative estimate of drug-likeness (QED) is 0.728. The molecule has 0 saturated heterocycles. The largest absolute Gasteiger partial charge is 0.393 e. The molecule has 0 aromatic carbocycles. The van der Waals surface area contributed by atoms with Gasteiger partial charge in [0, 0.05) is 12.5 Å². The number of aryl methyl sites for hydroxylation is 1. The van der Waals surface area contributed by atoms with E-state index in [1.165, 1.54) is 11.0 Å². The van der Waals surface area contributed by atoms with Gasteiger partial charge in [-0.1, -0.05) is 6.92 Å². The number of amides is 1. The van der Waals surface area contributed by atoms with Gasteiger partial charge in [0.05, 0.1) is 12.6 Å². The van der Waals surface area contributed by atoms with Crippen LogP contribution in [0.3, 0.4) is 0 Å². The number of aliphatic hydroxyl groups excluding tert-OH is 1. The molecule has 1 aliphatic rings. The van der Waals surface area contributed by atoms with Crippen LogP contribution in [0.1, 0.15) is 32.6 Å². The molecule has 7 heteroatoms. The first-order valence-electron chi connectivity index (χ1n) is 6.37. The first-order chi connectivity index (χ1) is 8.69. The number of carbonyl (C=O) groups excluding carboxylic acids is 1. The molecular weight excluding hydrogens is 234 g/mol. The highest BCUT2D eigenvalue weighted by atomic mass is 16.3. The molecular formula is C11H19N5O2. The lowest BCUT2D eigenvalue weighted by atomic mass is 9.76. The van der Waals surface area contributed by atoms with Gasteiger partial charge in [0.2, 0.25) is 5.91 Å². The molecule has 2 N–H and O–H groups in total. The van der Waals surface area contributed by atoms with Crippen LogP contribution in [0.25, 0.3) is 0 Å². The molecule has 1 aliphatic carbocycles. The summed E-state index contributed by atoms with van der Waals surface area (Å²) in [5.74, 6) is 0.431. The van der Waals surface area contributed by atoms with Gasteiger partial charge in [0.15, 0.2) is 0 Å². The molecule has 0 radical (unpaired) electrons. The van der Waals surface area contributed by atoms with Crippen LogP contribution in [0.2, 0.25) is 0 Å². The number of hydrogen-bond donors (Lipinski definition) is 2. The third kappa shape index (κ3) is 3.25. The maximum absolute atomic E-state index is 11.8. The van der Waals surface area contributed by atoms with Gasteiger partial charge in [0.1, 0.15) is 6.33 Å². The molecule has 7 nitrogen and oxygen atoms in total. The molecule has 1 fully saturated rings. The van der Waals surface area contributed by atoms with Crippen LogP contribution in [-0.2, 0) is 11.3 Å². The Morgan fingerprint density at radius 2 is 2.39 bits per heavy atom. The van der Waals surface area contributed by atoms with Gasteiger partial charge in [0.25, 0.3) is 0 Å². The van der Waals surface area contributed by atoms with Crippen molar-refractivity contribution in [1.82, 2.24) is 25.5 Å². The molecule has 0 aliphatic heterocycles. The van der Waals surface area contributed by atoms with Crippen LogP contribution in [0.15, 0.2) is 6.33 Å². The molecule has 1 saturated carbocycles. The molecule has 1 aromatic rings. The fourth-order valence-corrected chi connectivity index (χ4v) is 2.29. The Bertz CT molecular complexity index is 375. The minimum atomic E-state index is -0.179. The zero-order chi connectivity index (χ0) is 13.0. The lowest BCUT2D eigenvalue weighted by molar-refractivity contribution is -0.123. The number of aromatic nitrogens is 4. The lowest BCUT2D eigenvalue weighted by Crippen LogP contribution is -2.46. The van der Waals surface area contributed by atoms with E-state index in [-0.39, 0.29) is 18.1 Å². The number of aliphatic hydroxyl groups is 1. The van der Waals surface area contributed by atoms with Crippen molar-refractivity contribution in [3.8, 4) is 0 Å². The standard InChI is InChI=1S/C11H19N5O2/c1-2-10(8-5-9(17)6-8)13-11(18)3-4-16-7-12-14-15-16/h7-10,17H,2-6H2,1H3,(H,13,18)/t8?,9?,10-/m1/s1. The molecule has 1 atom stereocenters. The number of hydrogen-bond acceptors (Lipinski definition) is 5. The Labute approximate surface area is 106 Å². The predicted molar refractivity (Wildman–Crippen MR) is 63.4 cm³/mol. The van der Waals surface area contributed by atoms with Crippen molar-refractivity contribution >= 4 is 5.91 Å². The zero-order valence-corrected chi connectivity index (χ0v) is 10.5. The molecule has 100 valence electrons. The first-order valence-corrected chi connectivity index (χ1v) is 6.37. The number of carbonyl (C=O) groups is 1. The minimum Gasteiger partial charge on any atom is -0.393 e. The monoisotopic (exact) mass is 253 g/mol. The van der Waals surface area contributed by atoms with Crippen molar-refractivity contribution in [3.63, 3.8) is 0 Å². The van der Waals surface area contributed by atoms with Crippen molar-refractivity contribution < 1.29 is 9.90 Å². The van der Waals surface area contributed by atoms with Gasteiger partial charge >= 0.3 is 0 Å². The Morgan fingerprint density at radius 1 is 1.61 bits per heavy atom. The summed E-state index contributed by atoms with van der Waals surface area (Å²) in [7, 11) is 0. The van der Waals surface area contributed by atoms with E-state index in [4.69, 9.17) is 0 Å². The smallest absolute Gasteiger partial charge is 0.222 e. The maximum atomic E-state index is 11.8. The van der Waals surface area contributed by atoms with Crippen LogP contribution in [0, 0.1) is 5.92 Å². The zero-order valence-electron chi connectivity index (χ0n) is 10.5. The van der Waals surface area contributed by atoms with E-state index >= 15 is 0 Å².